The largest absolute Gasteiger partial charge is 0.476 e. The molecular formula is C32H40N6O7S. The number of aromatic nitrogens is 2. The van der Waals surface area contributed by atoms with Crippen LogP contribution in [0.1, 0.15) is 69.4 Å². The Morgan fingerprint density at radius 3 is 2.67 bits per heavy atom. The van der Waals surface area contributed by atoms with E-state index in [0.29, 0.717) is 43.2 Å². The first-order valence-electron chi connectivity index (χ1n) is 15.4. The number of thiazole rings is 1. The summed E-state index contributed by atoms with van der Waals surface area (Å²) in [4.78, 5) is 49.8. The molecule has 3 aromatic rings. The normalized spacial score (nSPS) is 21.7. The van der Waals surface area contributed by atoms with E-state index < -0.39 is 29.7 Å². The number of nitrogens with one attached hydrogen (secondary N) is 2. The molecular weight excluding hydrogens is 612 g/mol. The smallest absolute Gasteiger partial charge is 0.404 e. The SMILES string of the molecule is Cc1ncsc1-c1ccc(C2(C)N=C(C3C[C@@H](O)CN3C(=O)C(c3cc(OCCCCCNC(=O)O)no3)C(C)C)NC2=O)cc1. The summed E-state index contributed by atoms with van der Waals surface area (Å²) >= 11 is 1.56. The highest BCUT2D eigenvalue weighted by Crippen LogP contribution is 2.36. The van der Waals surface area contributed by atoms with Crippen LogP contribution in [0, 0.1) is 12.8 Å². The Bertz CT molecular complexity index is 1590. The highest BCUT2D eigenvalue weighted by molar-refractivity contribution is 7.13. The van der Waals surface area contributed by atoms with Gasteiger partial charge in [0.25, 0.3) is 11.8 Å². The highest BCUT2D eigenvalue weighted by atomic mass is 32.1. The quantitative estimate of drug-likeness (QED) is 0.198. The zero-order valence-corrected chi connectivity index (χ0v) is 27.2. The van der Waals surface area contributed by atoms with Crippen LogP contribution in [0.2, 0.25) is 0 Å². The number of amides is 3. The van der Waals surface area contributed by atoms with Crippen molar-refractivity contribution in [1.29, 1.82) is 0 Å². The molecule has 246 valence electrons. The minimum atomic E-state index is -1.19. The summed E-state index contributed by atoms with van der Waals surface area (Å²) in [5.74, 6) is -0.476. The molecule has 0 aliphatic carbocycles. The van der Waals surface area contributed by atoms with E-state index in [9.17, 15) is 19.5 Å². The van der Waals surface area contributed by atoms with Gasteiger partial charge in [-0.2, -0.15) is 0 Å². The summed E-state index contributed by atoms with van der Waals surface area (Å²) in [5.41, 5.74) is 3.28. The first kappa shape index (κ1) is 33.1. The van der Waals surface area contributed by atoms with Gasteiger partial charge in [0.2, 0.25) is 5.91 Å². The number of hydrogen-bond donors (Lipinski definition) is 4. The van der Waals surface area contributed by atoms with Gasteiger partial charge in [0.05, 0.1) is 34.8 Å². The number of aryl methyl sites for hydroxylation is 1. The lowest BCUT2D eigenvalue weighted by Crippen LogP contribution is -2.48. The number of aliphatic imine (C=N–C) groups is 1. The molecule has 4 N–H and O–H groups in total. The molecule has 13 nitrogen and oxygen atoms in total. The molecule has 4 heterocycles. The van der Waals surface area contributed by atoms with Gasteiger partial charge in [0.1, 0.15) is 11.8 Å². The lowest BCUT2D eigenvalue weighted by molar-refractivity contribution is -0.134. The molecule has 2 aliphatic rings. The van der Waals surface area contributed by atoms with Gasteiger partial charge in [-0.1, -0.05) is 38.1 Å². The van der Waals surface area contributed by atoms with E-state index in [1.54, 1.807) is 34.7 Å². The van der Waals surface area contributed by atoms with Gasteiger partial charge in [-0.3, -0.25) is 9.59 Å². The van der Waals surface area contributed by atoms with Gasteiger partial charge in [-0.25, -0.2) is 14.8 Å². The van der Waals surface area contributed by atoms with Gasteiger partial charge in [0, 0.05) is 25.6 Å². The molecule has 2 aromatic heterocycles. The van der Waals surface area contributed by atoms with Gasteiger partial charge in [-0.15, -0.1) is 11.3 Å². The Balaban J connectivity index is 1.28. The number of benzene rings is 1. The minimum Gasteiger partial charge on any atom is -0.476 e. The van der Waals surface area contributed by atoms with Crippen LogP contribution in [0.4, 0.5) is 4.79 Å². The number of β-amino-alcohol motifs (C(OH)–C–C–N with tert-alkyl or cyclic N) is 1. The second kappa shape index (κ2) is 14.0. The lowest BCUT2D eigenvalue weighted by Gasteiger charge is -2.29. The number of carbonyl (C=O) groups is 3. The van der Waals surface area contributed by atoms with Crippen LogP contribution in [0.5, 0.6) is 5.88 Å². The molecule has 4 atom stereocenters. The van der Waals surface area contributed by atoms with Crippen LogP contribution in [-0.4, -0.2) is 80.8 Å². The molecule has 1 aromatic carbocycles. The lowest BCUT2D eigenvalue weighted by atomic mass is 9.91. The summed E-state index contributed by atoms with van der Waals surface area (Å²) in [5, 5.41) is 28.5. The second-order valence-corrected chi connectivity index (χ2v) is 13.0. The maximum atomic E-state index is 14.1. The number of hydrogen-bond acceptors (Lipinski definition) is 10. The van der Waals surface area contributed by atoms with Crippen molar-refractivity contribution >= 4 is 35.1 Å². The zero-order valence-electron chi connectivity index (χ0n) is 26.4. The fourth-order valence-corrected chi connectivity index (χ4v) is 6.74. The zero-order chi connectivity index (χ0) is 33.0. The average Bonchev–Trinajstić information content (AvgIpc) is 3.80. The Labute approximate surface area is 271 Å². The van der Waals surface area contributed by atoms with Crippen molar-refractivity contribution in [3.05, 3.63) is 52.9 Å². The van der Waals surface area contributed by atoms with Gasteiger partial charge in [0.15, 0.2) is 11.3 Å². The van der Waals surface area contributed by atoms with Crippen molar-refractivity contribution in [3.8, 4) is 16.3 Å². The molecule has 0 saturated carbocycles. The summed E-state index contributed by atoms with van der Waals surface area (Å²) in [6, 6.07) is 8.69. The maximum absolute atomic E-state index is 14.1. The standard InChI is InChI=1S/C32H40N6O7S/c1-18(2)26(24-15-25(37-45-24)44-13-7-5-6-12-33-31(42)43)29(40)38-16-22(39)14-23(38)28-35-30(41)32(4,36-28)21-10-8-20(9-11-21)27-19(3)34-17-46-27/h8-11,15,17-18,22-23,26,33,39H,5-7,12-14,16H2,1-4H3,(H,42,43)(H,35,36,41)/t22-,23?,26?,32?/m1/s1. The third-order valence-electron chi connectivity index (χ3n) is 8.45. The van der Waals surface area contributed by atoms with Crippen LogP contribution < -0.4 is 15.4 Å². The van der Waals surface area contributed by atoms with Crippen LogP contribution in [0.3, 0.4) is 0 Å². The van der Waals surface area contributed by atoms with Crippen molar-refractivity contribution in [1.82, 2.24) is 25.7 Å². The van der Waals surface area contributed by atoms with Crippen molar-refractivity contribution in [2.24, 2.45) is 10.9 Å². The van der Waals surface area contributed by atoms with E-state index in [0.717, 1.165) is 22.6 Å². The number of likely N-dealkylation sites (tertiary alicyclic amines) is 1. The van der Waals surface area contributed by atoms with Crippen LogP contribution in [-0.2, 0) is 15.1 Å². The Morgan fingerprint density at radius 1 is 1.24 bits per heavy atom. The van der Waals surface area contributed by atoms with Crippen molar-refractivity contribution < 1.29 is 33.9 Å². The van der Waals surface area contributed by atoms with Gasteiger partial charge in [-0.05, 0) is 55.3 Å². The first-order chi connectivity index (χ1) is 22.0. The summed E-state index contributed by atoms with van der Waals surface area (Å²) in [6.07, 6.45) is 0.576. The summed E-state index contributed by atoms with van der Waals surface area (Å²) in [7, 11) is 0. The van der Waals surface area contributed by atoms with E-state index in [1.807, 2.05) is 45.0 Å². The van der Waals surface area contributed by atoms with Crippen molar-refractivity contribution in [2.75, 3.05) is 19.7 Å². The van der Waals surface area contributed by atoms with Gasteiger partial charge < -0.3 is 35.0 Å². The van der Waals surface area contributed by atoms with E-state index in [1.165, 1.54) is 0 Å². The highest BCUT2D eigenvalue weighted by Gasteiger charge is 2.48. The fourth-order valence-electron chi connectivity index (χ4n) is 5.93. The number of rotatable bonds is 13. The Morgan fingerprint density at radius 2 is 2.00 bits per heavy atom. The molecule has 0 radical (unpaired) electrons. The molecule has 0 spiro atoms. The molecule has 1 saturated heterocycles. The number of aliphatic hydroxyl groups is 1. The molecule has 3 unspecified atom stereocenters. The van der Waals surface area contributed by atoms with E-state index in [2.05, 4.69) is 20.8 Å². The second-order valence-electron chi connectivity index (χ2n) is 12.2. The molecule has 46 heavy (non-hydrogen) atoms. The molecule has 1 fully saturated rings. The third kappa shape index (κ3) is 7.07. The fraction of sp³-hybridized carbons (Fsp3) is 0.500. The van der Waals surface area contributed by atoms with E-state index in [-0.39, 0.29) is 36.6 Å². The minimum absolute atomic E-state index is 0.0927. The van der Waals surface area contributed by atoms with E-state index in [4.69, 9.17) is 19.4 Å². The number of unbranched alkanes of at least 4 members (excludes halogenated alkanes) is 2. The Hall–Kier alpha value is -4.30. The maximum Gasteiger partial charge on any atom is 0.404 e. The van der Waals surface area contributed by atoms with Crippen LogP contribution in [0.15, 0.2) is 45.4 Å². The number of carboxylic acid groups (broad SMARTS) is 1. The molecule has 0 bridgehead atoms. The first-order valence-corrected chi connectivity index (χ1v) is 16.3. The number of nitrogens with zero attached hydrogens (tertiary/aromatic N) is 4. The summed E-state index contributed by atoms with van der Waals surface area (Å²) < 4.78 is 11.3. The van der Waals surface area contributed by atoms with Gasteiger partial charge >= 0.3 is 6.09 Å². The number of carbonyl (C=O) groups excluding carboxylic acids is 2. The average molecular weight is 653 g/mol. The van der Waals surface area contributed by atoms with E-state index >= 15 is 0 Å². The predicted octanol–water partition coefficient (Wildman–Crippen LogP) is 4.07. The predicted molar refractivity (Wildman–Crippen MR) is 171 cm³/mol. The van der Waals surface area contributed by atoms with Crippen LogP contribution in [0.25, 0.3) is 10.4 Å². The molecule has 2 aliphatic heterocycles. The molecule has 3 amide bonds. The Kier molecular flexibility index (Phi) is 10.1. The third-order valence-corrected chi connectivity index (χ3v) is 9.43. The summed E-state index contributed by atoms with van der Waals surface area (Å²) in [6.45, 7) is 8.36. The van der Waals surface area contributed by atoms with Crippen LogP contribution >= 0.6 is 11.3 Å². The van der Waals surface area contributed by atoms with Crippen molar-refractivity contribution in [3.63, 3.8) is 0 Å². The molecule has 5 rings (SSSR count). The number of amidine groups is 1. The molecule has 14 heteroatoms. The monoisotopic (exact) mass is 652 g/mol. The van der Waals surface area contributed by atoms with Crippen molar-refractivity contribution in [2.45, 2.75) is 77.0 Å². The topological polar surface area (TPSA) is 179 Å². The number of aliphatic hydroxyl groups excluding tert-OH is 1. The number of ether oxygens (including phenoxy) is 1.